The number of thiazole rings is 1. The standard InChI is InChI=1S/C23H26N4O5S/c1-32-21(30)16-13-33-22(24-16)26-19(28)17(12-14-8-4-2-5-9-14)27-20(29)18(25-23(27)31)15-10-6-3-7-11-15/h3,6-7,10-11,13-14,17-18H,2,4-5,8-9,12H2,1H3,(H,25,31)(H,24,26,28)/t17?,18-/m0/s1. The van der Waals surface area contributed by atoms with Crippen LogP contribution in [0.15, 0.2) is 35.7 Å². The summed E-state index contributed by atoms with van der Waals surface area (Å²) in [7, 11) is 1.25. The van der Waals surface area contributed by atoms with Crippen LogP contribution in [0.25, 0.3) is 0 Å². The van der Waals surface area contributed by atoms with Crippen molar-refractivity contribution >= 4 is 40.3 Å². The number of methoxy groups -OCH3 is 1. The third-order valence-electron chi connectivity index (χ3n) is 6.13. The van der Waals surface area contributed by atoms with Crippen molar-refractivity contribution < 1.29 is 23.9 Å². The van der Waals surface area contributed by atoms with Crippen LogP contribution in [0.5, 0.6) is 0 Å². The van der Waals surface area contributed by atoms with Crippen molar-refractivity contribution in [3.8, 4) is 0 Å². The van der Waals surface area contributed by atoms with Crippen LogP contribution in [-0.4, -0.2) is 46.9 Å². The number of nitrogens with zero attached hydrogens (tertiary/aromatic N) is 2. The monoisotopic (exact) mass is 470 g/mol. The molecule has 2 aliphatic rings. The van der Waals surface area contributed by atoms with E-state index in [1.807, 2.05) is 6.07 Å². The molecule has 1 unspecified atom stereocenters. The number of aromatic nitrogens is 1. The van der Waals surface area contributed by atoms with Gasteiger partial charge in [-0.15, -0.1) is 11.3 Å². The summed E-state index contributed by atoms with van der Waals surface area (Å²) in [6.07, 6.45) is 5.60. The van der Waals surface area contributed by atoms with Gasteiger partial charge in [-0.05, 0) is 17.9 Å². The maximum atomic E-state index is 13.3. The van der Waals surface area contributed by atoms with Crippen LogP contribution in [0.1, 0.15) is 60.6 Å². The Bertz CT molecular complexity index is 1030. The van der Waals surface area contributed by atoms with E-state index in [0.717, 1.165) is 48.3 Å². The smallest absolute Gasteiger partial charge is 0.357 e. The molecule has 4 rings (SSSR count). The molecule has 1 saturated carbocycles. The van der Waals surface area contributed by atoms with Gasteiger partial charge in [-0.2, -0.15) is 0 Å². The summed E-state index contributed by atoms with van der Waals surface area (Å²) in [5.74, 6) is -1.31. The number of imide groups is 1. The van der Waals surface area contributed by atoms with E-state index >= 15 is 0 Å². The number of rotatable bonds is 7. The molecule has 1 aliphatic carbocycles. The third kappa shape index (κ3) is 5.05. The second-order valence-corrected chi connectivity index (χ2v) is 9.13. The van der Waals surface area contributed by atoms with E-state index < -0.39 is 35.9 Å². The normalized spacial score (nSPS) is 19.8. The van der Waals surface area contributed by atoms with Gasteiger partial charge in [0.15, 0.2) is 10.8 Å². The highest BCUT2D eigenvalue weighted by molar-refractivity contribution is 7.14. The fourth-order valence-electron chi connectivity index (χ4n) is 4.45. The summed E-state index contributed by atoms with van der Waals surface area (Å²) >= 11 is 1.08. The number of carbonyl (C=O) groups excluding carboxylic acids is 4. The van der Waals surface area contributed by atoms with Gasteiger partial charge in [0.05, 0.1) is 7.11 Å². The zero-order valence-corrected chi connectivity index (χ0v) is 19.1. The minimum atomic E-state index is -0.972. The molecule has 33 heavy (non-hydrogen) atoms. The number of hydrogen-bond donors (Lipinski definition) is 2. The Balaban J connectivity index is 1.57. The van der Waals surface area contributed by atoms with Crippen molar-refractivity contribution in [2.24, 2.45) is 5.92 Å². The number of carbonyl (C=O) groups is 4. The van der Waals surface area contributed by atoms with Gasteiger partial charge in [-0.1, -0.05) is 62.4 Å². The molecule has 1 saturated heterocycles. The number of benzene rings is 1. The van der Waals surface area contributed by atoms with Crippen molar-refractivity contribution in [3.63, 3.8) is 0 Å². The average molecular weight is 471 g/mol. The summed E-state index contributed by atoms with van der Waals surface area (Å²) in [5, 5.41) is 7.10. The molecule has 2 heterocycles. The van der Waals surface area contributed by atoms with E-state index in [-0.39, 0.29) is 16.7 Å². The Morgan fingerprint density at radius 2 is 1.94 bits per heavy atom. The van der Waals surface area contributed by atoms with E-state index in [1.54, 1.807) is 24.3 Å². The fourth-order valence-corrected chi connectivity index (χ4v) is 5.13. The van der Waals surface area contributed by atoms with E-state index in [9.17, 15) is 19.2 Å². The lowest BCUT2D eigenvalue weighted by molar-refractivity contribution is -0.134. The SMILES string of the molecule is COC(=O)c1csc(NC(=O)C(CC2CCCCC2)N2C(=O)N[C@@H](c3ccccc3)C2=O)n1. The lowest BCUT2D eigenvalue weighted by Gasteiger charge is -2.30. The van der Waals surface area contributed by atoms with Gasteiger partial charge in [0.2, 0.25) is 5.91 Å². The maximum Gasteiger partial charge on any atom is 0.357 e. The van der Waals surface area contributed by atoms with E-state index in [1.165, 1.54) is 12.5 Å². The Morgan fingerprint density at radius 3 is 2.64 bits per heavy atom. The molecule has 2 aromatic rings. The average Bonchev–Trinajstić information content (AvgIpc) is 3.42. The number of esters is 1. The molecular formula is C23H26N4O5S. The van der Waals surface area contributed by atoms with Crippen LogP contribution in [0.4, 0.5) is 9.93 Å². The van der Waals surface area contributed by atoms with Crippen LogP contribution in [-0.2, 0) is 14.3 Å². The molecule has 0 radical (unpaired) electrons. The quantitative estimate of drug-likeness (QED) is 0.472. The summed E-state index contributed by atoms with van der Waals surface area (Å²) in [6, 6.07) is 6.58. The number of amides is 4. The summed E-state index contributed by atoms with van der Waals surface area (Å²) in [4.78, 5) is 56.3. The maximum absolute atomic E-state index is 13.3. The molecule has 2 N–H and O–H groups in total. The first-order chi connectivity index (χ1) is 16.0. The Kier molecular flexibility index (Phi) is 7.02. The molecule has 2 atom stereocenters. The highest BCUT2D eigenvalue weighted by Crippen LogP contribution is 2.32. The minimum absolute atomic E-state index is 0.0840. The molecule has 0 spiro atoms. The fraction of sp³-hybridized carbons (Fsp3) is 0.435. The molecule has 0 bridgehead atoms. The first-order valence-electron chi connectivity index (χ1n) is 11.0. The molecule has 2 fully saturated rings. The van der Waals surface area contributed by atoms with Crippen molar-refractivity contribution in [2.45, 2.75) is 50.6 Å². The van der Waals surface area contributed by atoms with Gasteiger partial charge >= 0.3 is 12.0 Å². The van der Waals surface area contributed by atoms with Crippen LogP contribution in [0.2, 0.25) is 0 Å². The van der Waals surface area contributed by atoms with Crippen LogP contribution in [0, 0.1) is 5.92 Å². The predicted molar refractivity (Wildman–Crippen MR) is 122 cm³/mol. The number of ether oxygens (including phenoxy) is 1. The number of anilines is 1. The minimum Gasteiger partial charge on any atom is -0.464 e. The lowest BCUT2D eigenvalue weighted by atomic mass is 9.84. The van der Waals surface area contributed by atoms with E-state index in [4.69, 9.17) is 0 Å². The molecule has 1 aromatic heterocycles. The molecule has 174 valence electrons. The van der Waals surface area contributed by atoms with E-state index in [2.05, 4.69) is 20.4 Å². The second kappa shape index (κ2) is 10.1. The second-order valence-electron chi connectivity index (χ2n) is 8.28. The summed E-state index contributed by atoms with van der Waals surface area (Å²) in [6.45, 7) is 0. The molecule has 4 amide bonds. The van der Waals surface area contributed by atoms with Crippen LogP contribution in [0.3, 0.4) is 0 Å². The van der Waals surface area contributed by atoms with Gasteiger partial charge < -0.3 is 15.4 Å². The zero-order valence-electron chi connectivity index (χ0n) is 18.3. The topological polar surface area (TPSA) is 118 Å². The van der Waals surface area contributed by atoms with Crippen molar-refractivity contribution in [2.75, 3.05) is 12.4 Å². The van der Waals surface area contributed by atoms with Crippen LogP contribution < -0.4 is 10.6 Å². The van der Waals surface area contributed by atoms with Crippen molar-refractivity contribution in [1.82, 2.24) is 15.2 Å². The molecular weight excluding hydrogens is 444 g/mol. The zero-order chi connectivity index (χ0) is 23.4. The number of hydrogen-bond acceptors (Lipinski definition) is 7. The van der Waals surface area contributed by atoms with Crippen molar-refractivity contribution in [1.29, 1.82) is 0 Å². The lowest BCUT2D eigenvalue weighted by Crippen LogP contribution is -2.48. The highest BCUT2D eigenvalue weighted by atomic mass is 32.1. The van der Waals surface area contributed by atoms with E-state index in [0.29, 0.717) is 12.0 Å². The predicted octanol–water partition coefficient (Wildman–Crippen LogP) is 3.50. The summed E-state index contributed by atoms with van der Waals surface area (Å²) < 4.78 is 4.65. The summed E-state index contributed by atoms with van der Waals surface area (Å²) in [5.41, 5.74) is 0.749. The van der Waals surface area contributed by atoms with Gasteiger partial charge in [-0.3, -0.25) is 9.59 Å². The molecule has 1 aromatic carbocycles. The van der Waals surface area contributed by atoms with Gasteiger partial charge in [-0.25, -0.2) is 19.5 Å². The van der Waals surface area contributed by atoms with Crippen LogP contribution >= 0.6 is 11.3 Å². The molecule has 1 aliphatic heterocycles. The number of nitrogens with one attached hydrogen (secondary N) is 2. The number of urea groups is 1. The Hall–Kier alpha value is -3.27. The largest absolute Gasteiger partial charge is 0.464 e. The van der Waals surface area contributed by atoms with Crippen molar-refractivity contribution in [3.05, 3.63) is 47.0 Å². The van der Waals surface area contributed by atoms with Gasteiger partial charge in [0, 0.05) is 5.38 Å². The third-order valence-corrected chi connectivity index (χ3v) is 6.89. The first-order valence-corrected chi connectivity index (χ1v) is 11.9. The van der Waals surface area contributed by atoms with Gasteiger partial charge in [0.25, 0.3) is 5.91 Å². The van der Waals surface area contributed by atoms with Gasteiger partial charge in [0.1, 0.15) is 12.1 Å². The first kappa shape index (κ1) is 22.9. The Morgan fingerprint density at radius 1 is 1.21 bits per heavy atom. The Labute approximate surface area is 195 Å². The molecule has 10 heteroatoms. The molecule has 9 nitrogen and oxygen atoms in total. The highest BCUT2D eigenvalue weighted by Gasteiger charge is 2.46.